The fraction of sp³-hybridized carbons (Fsp3) is 0.316. The number of benzene rings is 2. The van der Waals surface area contributed by atoms with Crippen molar-refractivity contribution in [2.24, 2.45) is 0 Å². The average Bonchev–Trinajstić information content (AvgIpc) is 2.63. The predicted molar refractivity (Wildman–Crippen MR) is 110 cm³/mol. The summed E-state index contributed by atoms with van der Waals surface area (Å²) in [6, 6.07) is 16.1. The Kier molecular flexibility index (Phi) is 6.39. The Hall–Kier alpha value is -1.50. The quantitative estimate of drug-likeness (QED) is 0.744. The van der Waals surface area contributed by atoms with Crippen LogP contribution in [-0.4, -0.2) is 49.8 Å². The number of anilines is 2. The molecule has 0 radical (unpaired) electrons. The van der Waals surface area contributed by atoms with Gasteiger partial charge in [0.15, 0.2) is 0 Å². The molecule has 1 fully saturated rings. The minimum atomic E-state index is 0.0141. The van der Waals surface area contributed by atoms with Gasteiger partial charge in [-0.2, -0.15) is 0 Å². The topological polar surface area (TPSA) is 35.6 Å². The number of likely N-dealkylation sites (N-methyl/N-ethyl adjacent to an activating group) is 1. The summed E-state index contributed by atoms with van der Waals surface area (Å²) in [5.74, 6) is 0.419. The lowest BCUT2D eigenvalue weighted by Crippen LogP contribution is -2.44. The first-order valence-corrected chi connectivity index (χ1v) is 10.1. The van der Waals surface area contributed by atoms with Crippen LogP contribution in [0.1, 0.15) is 0 Å². The molecule has 0 saturated carbocycles. The monoisotopic (exact) mass is 419 g/mol. The molecule has 132 valence electrons. The van der Waals surface area contributed by atoms with Crippen molar-refractivity contribution in [2.75, 3.05) is 49.2 Å². The number of nitrogens with zero attached hydrogens (tertiary/aromatic N) is 2. The molecule has 4 nitrogen and oxygen atoms in total. The van der Waals surface area contributed by atoms with Gasteiger partial charge in [-0.05, 0) is 55.6 Å². The van der Waals surface area contributed by atoms with Crippen molar-refractivity contribution in [3.63, 3.8) is 0 Å². The van der Waals surface area contributed by atoms with Gasteiger partial charge < -0.3 is 15.1 Å². The molecule has 1 amide bonds. The van der Waals surface area contributed by atoms with Crippen LogP contribution in [-0.2, 0) is 4.79 Å². The zero-order chi connectivity index (χ0) is 17.6. The van der Waals surface area contributed by atoms with Crippen molar-refractivity contribution < 1.29 is 4.79 Å². The summed E-state index contributed by atoms with van der Waals surface area (Å²) in [6.07, 6.45) is 0. The number of piperazine rings is 1. The minimum absolute atomic E-state index is 0.0141. The van der Waals surface area contributed by atoms with Crippen LogP contribution in [0, 0.1) is 0 Å². The SMILES string of the molecule is CN1CCN(c2ccc(NC(=O)CSc3ccc(Br)cc3)cc2)CC1. The Morgan fingerprint density at radius 1 is 1.04 bits per heavy atom. The maximum Gasteiger partial charge on any atom is 0.234 e. The molecule has 2 aromatic rings. The molecule has 0 unspecified atom stereocenters. The molecule has 0 aliphatic carbocycles. The smallest absolute Gasteiger partial charge is 0.234 e. The largest absolute Gasteiger partial charge is 0.369 e. The molecule has 1 aliphatic heterocycles. The van der Waals surface area contributed by atoms with E-state index in [0.717, 1.165) is 41.2 Å². The third kappa shape index (κ3) is 5.49. The summed E-state index contributed by atoms with van der Waals surface area (Å²) in [5, 5.41) is 2.96. The molecule has 0 atom stereocenters. The van der Waals surface area contributed by atoms with E-state index in [9.17, 15) is 4.79 Å². The fourth-order valence-corrected chi connectivity index (χ4v) is 3.66. The molecule has 1 aliphatic rings. The van der Waals surface area contributed by atoms with Crippen molar-refractivity contribution in [3.8, 4) is 0 Å². The molecule has 0 spiro atoms. The zero-order valence-corrected chi connectivity index (χ0v) is 16.6. The number of rotatable bonds is 5. The summed E-state index contributed by atoms with van der Waals surface area (Å²) in [7, 11) is 2.16. The maximum absolute atomic E-state index is 12.1. The Labute approximate surface area is 161 Å². The highest BCUT2D eigenvalue weighted by Crippen LogP contribution is 2.22. The number of hydrogen-bond acceptors (Lipinski definition) is 4. The second-order valence-corrected chi connectivity index (χ2v) is 8.09. The number of thioether (sulfide) groups is 1. The molecule has 1 N–H and O–H groups in total. The van der Waals surface area contributed by atoms with E-state index in [-0.39, 0.29) is 5.91 Å². The molecular formula is C19H22BrN3OS. The molecular weight excluding hydrogens is 398 g/mol. The lowest BCUT2D eigenvalue weighted by Gasteiger charge is -2.34. The van der Waals surface area contributed by atoms with Crippen LogP contribution < -0.4 is 10.2 Å². The van der Waals surface area contributed by atoms with E-state index in [1.54, 1.807) is 0 Å². The lowest BCUT2D eigenvalue weighted by molar-refractivity contribution is -0.113. The van der Waals surface area contributed by atoms with Crippen LogP contribution in [0.5, 0.6) is 0 Å². The molecule has 1 heterocycles. The highest BCUT2D eigenvalue weighted by molar-refractivity contribution is 9.10. The van der Waals surface area contributed by atoms with Crippen molar-refractivity contribution >= 4 is 45.0 Å². The third-order valence-corrected chi connectivity index (χ3v) is 5.74. The second kappa shape index (κ2) is 8.74. The highest BCUT2D eigenvalue weighted by Gasteiger charge is 2.14. The molecule has 0 aromatic heterocycles. The summed E-state index contributed by atoms with van der Waals surface area (Å²) >= 11 is 4.95. The third-order valence-electron chi connectivity index (χ3n) is 4.20. The van der Waals surface area contributed by atoms with Gasteiger partial charge in [0.05, 0.1) is 5.75 Å². The van der Waals surface area contributed by atoms with Crippen LogP contribution >= 0.6 is 27.7 Å². The Morgan fingerprint density at radius 2 is 1.68 bits per heavy atom. The van der Waals surface area contributed by atoms with E-state index < -0.39 is 0 Å². The first-order valence-electron chi connectivity index (χ1n) is 8.32. The van der Waals surface area contributed by atoms with Gasteiger partial charge in [-0.1, -0.05) is 15.9 Å². The van der Waals surface area contributed by atoms with E-state index in [1.807, 2.05) is 36.4 Å². The standard InChI is InChI=1S/C19H22BrN3OS/c1-22-10-12-23(13-11-22)17-6-4-16(5-7-17)21-19(24)14-25-18-8-2-15(20)3-9-18/h2-9H,10-14H2,1H3,(H,21,24). The van der Waals surface area contributed by atoms with Gasteiger partial charge in [0.2, 0.25) is 5.91 Å². The Morgan fingerprint density at radius 3 is 2.32 bits per heavy atom. The average molecular weight is 420 g/mol. The van der Waals surface area contributed by atoms with Gasteiger partial charge in [-0.25, -0.2) is 0 Å². The predicted octanol–water partition coefficient (Wildman–Crippen LogP) is 3.93. The summed E-state index contributed by atoms with van der Waals surface area (Å²) < 4.78 is 1.04. The number of carbonyl (C=O) groups is 1. The zero-order valence-electron chi connectivity index (χ0n) is 14.2. The van der Waals surface area contributed by atoms with E-state index in [1.165, 1.54) is 17.4 Å². The molecule has 3 rings (SSSR count). The molecule has 25 heavy (non-hydrogen) atoms. The van der Waals surface area contributed by atoms with Crippen molar-refractivity contribution in [3.05, 3.63) is 53.0 Å². The van der Waals surface area contributed by atoms with E-state index >= 15 is 0 Å². The summed E-state index contributed by atoms with van der Waals surface area (Å²) in [6.45, 7) is 4.27. The van der Waals surface area contributed by atoms with Gasteiger partial charge in [-0.15, -0.1) is 11.8 Å². The van der Waals surface area contributed by atoms with Crippen LogP contribution in [0.4, 0.5) is 11.4 Å². The molecule has 0 bridgehead atoms. The second-order valence-electron chi connectivity index (χ2n) is 6.13. The summed E-state index contributed by atoms with van der Waals surface area (Å²) in [5.41, 5.74) is 2.06. The lowest BCUT2D eigenvalue weighted by atomic mass is 10.2. The number of amides is 1. The van der Waals surface area contributed by atoms with E-state index in [0.29, 0.717) is 5.75 Å². The number of nitrogens with one attached hydrogen (secondary N) is 1. The van der Waals surface area contributed by atoms with Crippen LogP contribution in [0.3, 0.4) is 0 Å². The number of carbonyl (C=O) groups excluding carboxylic acids is 1. The van der Waals surface area contributed by atoms with Gasteiger partial charge in [0.1, 0.15) is 0 Å². The summed E-state index contributed by atoms with van der Waals surface area (Å²) in [4.78, 5) is 17.9. The first kappa shape index (κ1) is 18.3. The van der Waals surface area contributed by atoms with Crippen LogP contribution in [0.2, 0.25) is 0 Å². The minimum Gasteiger partial charge on any atom is -0.369 e. The molecule has 1 saturated heterocycles. The maximum atomic E-state index is 12.1. The van der Waals surface area contributed by atoms with E-state index in [4.69, 9.17) is 0 Å². The van der Waals surface area contributed by atoms with Gasteiger partial charge in [0, 0.05) is 46.9 Å². The van der Waals surface area contributed by atoms with Crippen molar-refractivity contribution in [1.82, 2.24) is 4.90 Å². The normalized spacial score (nSPS) is 15.2. The number of halogens is 1. The van der Waals surface area contributed by atoms with Crippen molar-refractivity contribution in [1.29, 1.82) is 0 Å². The molecule has 6 heteroatoms. The fourth-order valence-electron chi connectivity index (χ4n) is 2.70. The Bertz CT molecular complexity index is 698. The Balaban J connectivity index is 1.49. The van der Waals surface area contributed by atoms with Gasteiger partial charge in [-0.3, -0.25) is 4.79 Å². The van der Waals surface area contributed by atoms with Gasteiger partial charge >= 0.3 is 0 Å². The van der Waals surface area contributed by atoms with Crippen LogP contribution in [0.15, 0.2) is 57.9 Å². The number of hydrogen-bond donors (Lipinski definition) is 1. The van der Waals surface area contributed by atoms with Gasteiger partial charge in [0.25, 0.3) is 0 Å². The van der Waals surface area contributed by atoms with E-state index in [2.05, 4.69) is 50.2 Å². The highest BCUT2D eigenvalue weighted by atomic mass is 79.9. The van der Waals surface area contributed by atoms with Crippen molar-refractivity contribution in [2.45, 2.75) is 4.90 Å². The molecule has 2 aromatic carbocycles. The van der Waals surface area contributed by atoms with Crippen LogP contribution in [0.25, 0.3) is 0 Å². The first-order chi connectivity index (χ1) is 12.1.